The first-order chi connectivity index (χ1) is 11.8. The van der Waals surface area contributed by atoms with Crippen LogP contribution in [0.3, 0.4) is 0 Å². The van der Waals surface area contributed by atoms with Crippen LogP contribution in [0.25, 0.3) is 17.0 Å². The molecule has 3 rings (SSSR count). The van der Waals surface area contributed by atoms with E-state index < -0.39 is 0 Å². The number of anilines is 1. The Morgan fingerprint density at radius 1 is 1.16 bits per heavy atom. The van der Waals surface area contributed by atoms with Crippen LogP contribution in [0.1, 0.15) is 37.7 Å². The molecule has 2 heterocycles. The number of aromatic nitrogens is 2. The Morgan fingerprint density at radius 3 is 2.68 bits per heavy atom. The molecule has 25 heavy (non-hydrogen) atoms. The number of pyridine rings is 1. The van der Waals surface area contributed by atoms with Gasteiger partial charge < -0.3 is 10.3 Å². The zero-order valence-corrected chi connectivity index (χ0v) is 15.1. The summed E-state index contributed by atoms with van der Waals surface area (Å²) in [7, 11) is 0. The lowest BCUT2D eigenvalue weighted by Gasteiger charge is -2.18. The standard InChI is InChI=1S/C21H23N3O/c1-14-15(5-9-19(23-14)21(2,3)4)6-10-20(25)24-17-7-8-18-16(13-17)11-12-22-18/h5-13,22H,1-4H3,(H,24,25). The average molecular weight is 333 g/mol. The Labute approximate surface area is 148 Å². The summed E-state index contributed by atoms with van der Waals surface area (Å²) in [5.41, 5.74) is 4.76. The Hall–Kier alpha value is -2.88. The van der Waals surface area contributed by atoms with Gasteiger partial charge in [-0.25, -0.2) is 0 Å². The molecular weight excluding hydrogens is 310 g/mol. The van der Waals surface area contributed by atoms with E-state index in [9.17, 15) is 4.79 Å². The molecule has 0 aliphatic carbocycles. The number of benzene rings is 1. The van der Waals surface area contributed by atoms with Crippen LogP contribution < -0.4 is 5.32 Å². The lowest BCUT2D eigenvalue weighted by molar-refractivity contribution is -0.111. The third kappa shape index (κ3) is 3.97. The van der Waals surface area contributed by atoms with E-state index in [-0.39, 0.29) is 11.3 Å². The highest BCUT2D eigenvalue weighted by Gasteiger charge is 2.15. The monoisotopic (exact) mass is 333 g/mol. The number of aryl methyl sites for hydroxylation is 1. The molecule has 4 nitrogen and oxygen atoms in total. The SMILES string of the molecule is Cc1nc(C(C)(C)C)ccc1C=CC(=O)Nc1ccc2[nH]ccc2c1. The van der Waals surface area contributed by atoms with Gasteiger partial charge in [-0.05, 0) is 48.9 Å². The largest absolute Gasteiger partial charge is 0.361 e. The summed E-state index contributed by atoms with van der Waals surface area (Å²) in [6.45, 7) is 8.38. The maximum Gasteiger partial charge on any atom is 0.248 e. The molecule has 4 heteroatoms. The number of nitrogens with one attached hydrogen (secondary N) is 2. The predicted molar refractivity (Wildman–Crippen MR) is 104 cm³/mol. The van der Waals surface area contributed by atoms with Crippen molar-refractivity contribution >= 4 is 28.6 Å². The number of H-pyrrole nitrogens is 1. The lowest BCUT2D eigenvalue weighted by atomic mass is 9.91. The number of aromatic amines is 1. The van der Waals surface area contributed by atoms with Crippen molar-refractivity contribution in [3.63, 3.8) is 0 Å². The molecule has 1 amide bonds. The molecule has 2 aromatic heterocycles. The van der Waals surface area contributed by atoms with Crippen molar-refractivity contribution in [1.29, 1.82) is 0 Å². The van der Waals surface area contributed by atoms with E-state index in [0.717, 1.165) is 33.5 Å². The van der Waals surface area contributed by atoms with E-state index in [2.05, 4.69) is 36.1 Å². The van der Waals surface area contributed by atoms with Gasteiger partial charge in [-0.1, -0.05) is 26.8 Å². The van der Waals surface area contributed by atoms with Gasteiger partial charge in [0.15, 0.2) is 0 Å². The van der Waals surface area contributed by atoms with Crippen LogP contribution in [0.2, 0.25) is 0 Å². The number of nitrogens with zero attached hydrogens (tertiary/aromatic N) is 1. The summed E-state index contributed by atoms with van der Waals surface area (Å²) in [5, 5.41) is 3.96. The van der Waals surface area contributed by atoms with Gasteiger partial charge >= 0.3 is 0 Å². The Morgan fingerprint density at radius 2 is 1.96 bits per heavy atom. The van der Waals surface area contributed by atoms with Gasteiger partial charge in [-0.3, -0.25) is 9.78 Å². The molecule has 0 unspecified atom stereocenters. The molecule has 128 valence electrons. The first-order valence-corrected chi connectivity index (χ1v) is 8.37. The third-order valence-electron chi connectivity index (χ3n) is 4.13. The first kappa shape index (κ1) is 17.0. The Kier molecular flexibility index (Phi) is 4.45. The zero-order chi connectivity index (χ0) is 18.0. The molecule has 0 spiro atoms. The molecule has 0 aliphatic rings. The van der Waals surface area contributed by atoms with E-state index in [1.807, 2.05) is 49.5 Å². The maximum atomic E-state index is 12.2. The number of carbonyl (C=O) groups is 1. The van der Waals surface area contributed by atoms with Gasteiger partial charge in [-0.2, -0.15) is 0 Å². The quantitative estimate of drug-likeness (QED) is 0.675. The van der Waals surface area contributed by atoms with Crippen molar-refractivity contribution in [2.24, 2.45) is 0 Å². The van der Waals surface area contributed by atoms with E-state index in [1.54, 1.807) is 12.2 Å². The van der Waals surface area contributed by atoms with Crippen LogP contribution in [0.5, 0.6) is 0 Å². The van der Waals surface area contributed by atoms with Crippen molar-refractivity contribution in [3.05, 3.63) is 65.6 Å². The van der Waals surface area contributed by atoms with Crippen LogP contribution in [-0.4, -0.2) is 15.9 Å². The molecule has 0 saturated heterocycles. The minimum atomic E-state index is -0.158. The highest BCUT2D eigenvalue weighted by Crippen LogP contribution is 2.22. The van der Waals surface area contributed by atoms with E-state index in [0.29, 0.717) is 0 Å². The van der Waals surface area contributed by atoms with Crippen LogP contribution >= 0.6 is 0 Å². The molecule has 3 aromatic rings. The van der Waals surface area contributed by atoms with Gasteiger partial charge in [0.05, 0.1) is 0 Å². The number of carbonyl (C=O) groups excluding carboxylic acids is 1. The van der Waals surface area contributed by atoms with Crippen LogP contribution in [0, 0.1) is 6.92 Å². The second kappa shape index (κ2) is 6.55. The molecule has 1 aromatic carbocycles. The van der Waals surface area contributed by atoms with Gasteiger partial charge in [0, 0.05) is 45.7 Å². The molecular formula is C21H23N3O. The molecule has 0 atom stereocenters. The Balaban J connectivity index is 1.71. The van der Waals surface area contributed by atoms with Crippen molar-refractivity contribution in [2.75, 3.05) is 5.32 Å². The van der Waals surface area contributed by atoms with Crippen molar-refractivity contribution in [2.45, 2.75) is 33.1 Å². The average Bonchev–Trinajstić information content (AvgIpc) is 3.00. The fourth-order valence-corrected chi connectivity index (χ4v) is 2.65. The summed E-state index contributed by atoms with van der Waals surface area (Å²) < 4.78 is 0. The van der Waals surface area contributed by atoms with E-state index in [4.69, 9.17) is 0 Å². The van der Waals surface area contributed by atoms with Gasteiger partial charge in [-0.15, -0.1) is 0 Å². The smallest absolute Gasteiger partial charge is 0.248 e. The molecule has 2 N–H and O–H groups in total. The van der Waals surface area contributed by atoms with Crippen molar-refractivity contribution in [3.8, 4) is 0 Å². The van der Waals surface area contributed by atoms with E-state index >= 15 is 0 Å². The summed E-state index contributed by atoms with van der Waals surface area (Å²) in [6, 6.07) is 11.8. The van der Waals surface area contributed by atoms with Crippen molar-refractivity contribution < 1.29 is 4.79 Å². The minimum absolute atomic E-state index is 0.0151. The third-order valence-corrected chi connectivity index (χ3v) is 4.13. The van der Waals surface area contributed by atoms with E-state index in [1.165, 1.54) is 0 Å². The normalized spacial score (nSPS) is 12.0. The topological polar surface area (TPSA) is 57.8 Å². The van der Waals surface area contributed by atoms with Gasteiger partial charge in [0.1, 0.15) is 0 Å². The Bertz CT molecular complexity index is 945. The molecule has 0 radical (unpaired) electrons. The number of amides is 1. The first-order valence-electron chi connectivity index (χ1n) is 8.37. The second-order valence-electron chi connectivity index (χ2n) is 7.22. The number of hydrogen-bond donors (Lipinski definition) is 2. The fourth-order valence-electron chi connectivity index (χ4n) is 2.65. The zero-order valence-electron chi connectivity index (χ0n) is 15.1. The summed E-state index contributed by atoms with van der Waals surface area (Å²) >= 11 is 0. The highest BCUT2D eigenvalue weighted by atomic mass is 16.1. The van der Waals surface area contributed by atoms with Gasteiger partial charge in [0.25, 0.3) is 0 Å². The van der Waals surface area contributed by atoms with Crippen LogP contribution in [0.4, 0.5) is 5.69 Å². The van der Waals surface area contributed by atoms with Crippen LogP contribution in [0.15, 0.2) is 48.7 Å². The minimum Gasteiger partial charge on any atom is -0.361 e. The summed E-state index contributed by atoms with van der Waals surface area (Å²) in [5.74, 6) is -0.158. The number of rotatable bonds is 3. The highest BCUT2D eigenvalue weighted by molar-refractivity contribution is 6.03. The van der Waals surface area contributed by atoms with Crippen LogP contribution in [-0.2, 0) is 10.2 Å². The molecule has 0 fully saturated rings. The number of hydrogen-bond acceptors (Lipinski definition) is 2. The molecule has 0 saturated carbocycles. The predicted octanol–water partition coefficient (Wildman–Crippen LogP) is 4.82. The molecule has 0 bridgehead atoms. The fraction of sp³-hybridized carbons (Fsp3) is 0.238. The maximum absolute atomic E-state index is 12.2. The number of fused-ring (bicyclic) bond motifs is 1. The second-order valence-corrected chi connectivity index (χ2v) is 7.22. The van der Waals surface area contributed by atoms with Crippen molar-refractivity contribution in [1.82, 2.24) is 9.97 Å². The summed E-state index contributed by atoms with van der Waals surface area (Å²) in [6.07, 6.45) is 5.23. The lowest BCUT2D eigenvalue weighted by Crippen LogP contribution is -2.14. The summed E-state index contributed by atoms with van der Waals surface area (Å²) in [4.78, 5) is 20.0. The molecule has 0 aliphatic heterocycles. The van der Waals surface area contributed by atoms with Gasteiger partial charge in [0.2, 0.25) is 5.91 Å².